The molecule has 0 spiro atoms. The first-order chi connectivity index (χ1) is 27.6. The van der Waals surface area contributed by atoms with Crippen molar-refractivity contribution < 1.29 is 37.0 Å². The number of ether oxygens (including phenoxy) is 4. The molecule has 0 saturated carbocycles. The molecule has 306 valence electrons. The first-order valence-electron chi connectivity index (χ1n) is 19.1. The highest BCUT2D eigenvalue weighted by Gasteiger charge is 2.38. The Morgan fingerprint density at radius 1 is 0.810 bits per heavy atom. The number of hydrogen-bond acceptors (Lipinski definition) is 10. The van der Waals surface area contributed by atoms with Crippen molar-refractivity contribution in [2.45, 2.75) is 65.3 Å². The van der Waals surface area contributed by atoms with Gasteiger partial charge in [-0.15, -0.1) is 4.09 Å². The normalized spacial score (nSPS) is 13.4. The van der Waals surface area contributed by atoms with E-state index >= 15 is 0 Å². The summed E-state index contributed by atoms with van der Waals surface area (Å²) in [6, 6.07) is 28.7. The molecule has 1 fully saturated rings. The van der Waals surface area contributed by atoms with Crippen LogP contribution in [-0.4, -0.2) is 73.0 Å². The summed E-state index contributed by atoms with van der Waals surface area (Å²) in [5.74, 6) is -0.319. The SMILES string of the molecule is Cc1ccc(S(=O)(=O)n2nc(-c3cc(Cl)c(OCc4ccccc4)cc3OCc3ccccc3)c(N3CCN(C(=O)OC(C)(C)C)CC3)c2C(=O)OCC(C)C)cc1. The number of rotatable bonds is 13. The first-order valence-corrected chi connectivity index (χ1v) is 20.9. The van der Waals surface area contributed by atoms with Crippen LogP contribution in [-0.2, 0) is 32.7 Å². The summed E-state index contributed by atoms with van der Waals surface area (Å²) in [6.45, 7) is 12.3. The van der Waals surface area contributed by atoms with Crippen molar-refractivity contribution >= 4 is 39.4 Å². The second kappa shape index (κ2) is 17.9. The van der Waals surface area contributed by atoms with E-state index in [1.54, 1.807) is 49.9 Å². The molecule has 0 bridgehead atoms. The Hall–Kier alpha value is -5.53. The Kier molecular flexibility index (Phi) is 13.0. The van der Waals surface area contributed by atoms with Gasteiger partial charge in [0.15, 0.2) is 5.69 Å². The Morgan fingerprint density at radius 3 is 1.93 bits per heavy atom. The van der Waals surface area contributed by atoms with Crippen LogP contribution in [0.25, 0.3) is 11.3 Å². The van der Waals surface area contributed by atoms with Gasteiger partial charge in [0.2, 0.25) is 0 Å². The lowest BCUT2D eigenvalue weighted by molar-refractivity contribution is 0.0239. The molecule has 12 nitrogen and oxygen atoms in total. The molecule has 0 N–H and O–H groups in total. The third kappa shape index (κ3) is 10.1. The van der Waals surface area contributed by atoms with Gasteiger partial charge in [-0.25, -0.2) is 9.59 Å². The van der Waals surface area contributed by atoms with Crippen molar-refractivity contribution in [2.75, 3.05) is 37.7 Å². The van der Waals surface area contributed by atoms with Crippen molar-refractivity contribution in [1.29, 1.82) is 0 Å². The molecule has 0 unspecified atom stereocenters. The number of aromatic nitrogens is 2. The number of halogens is 1. The fourth-order valence-corrected chi connectivity index (χ4v) is 7.69. The van der Waals surface area contributed by atoms with Crippen LogP contribution in [0.2, 0.25) is 5.02 Å². The van der Waals surface area contributed by atoms with Gasteiger partial charge in [-0.1, -0.05) is 104 Å². The highest BCUT2D eigenvalue weighted by Crippen LogP contribution is 2.45. The zero-order valence-electron chi connectivity index (χ0n) is 33.6. The largest absolute Gasteiger partial charge is 0.488 e. The summed E-state index contributed by atoms with van der Waals surface area (Å²) in [7, 11) is -4.49. The Balaban J connectivity index is 1.54. The Labute approximate surface area is 345 Å². The molecule has 1 amide bonds. The van der Waals surface area contributed by atoms with E-state index in [0.717, 1.165) is 20.8 Å². The van der Waals surface area contributed by atoms with Crippen LogP contribution in [0.4, 0.5) is 10.5 Å². The van der Waals surface area contributed by atoms with Gasteiger partial charge in [0.25, 0.3) is 10.0 Å². The van der Waals surface area contributed by atoms with Gasteiger partial charge in [0.05, 0.1) is 16.5 Å². The molecule has 0 radical (unpaired) electrons. The third-order valence-corrected chi connectivity index (χ3v) is 11.0. The second-order valence-electron chi connectivity index (χ2n) is 15.5. The van der Waals surface area contributed by atoms with E-state index in [9.17, 15) is 18.0 Å². The molecule has 0 atom stereocenters. The maximum Gasteiger partial charge on any atom is 0.410 e. The topological polar surface area (TPSA) is 130 Å². The zero-order valence-corrected chi connectivity index (χ0v) is 35.2. The third-order valence-electron chi connectivity index (χ3n) is 9.13. The predicted molar refractivity (Wildman–Crippen MR) is 223 cm³/mol. The summed E-state index contributed by atoms with van der Waals surface area (Å²) in [6.07, 6.45) is -0.476. The number of piperazine rings is 1. The number of carbonyl (C=O) groups excluding carboxylic acids is 2. The number of anilines is 1. The summed E-state index contributed by atoms with van der Waals surface area (Å²) in [5.41, 5.74) is 2.26. The minimum Gasteiger partial charge on any atom is -0.488 e. The second-order valence-corrected chi connectivity index (χ2v) is 17.7. The maximum atomic E-state index is 14.6. The zero-order chi connectivity index (χ0) is 41.6. The van der Waals surface area contributed by atoms with Gasteiger partial charge in [-0.05, 0) is 62.9 Å². The predicted octanol–water partition coefficient (Wildman–Crippen LogP) is 8.78. The Morgan fingerprint density at radius 2 is 1.38 bits per heavy atom. The molecular weight excluding hydrogens is 780 g/mol. The molecule has 2 heterocycles. The monoisotopic (exact) mass is 828 g/mol. The Bertz CT molecular complexity index is 2320. The quantitative estimate of drug-likeness (QED) is 0.106. The van der Waals surface area contributed by atoms with E-state index in [2.05, 4.69) is 0 Å². The van der Waals surface area contributed by atoms with Crippen LogP contribution in [0, 0.1) is 12.8 Å². The number of carbonyl (C=O) groups is 2. The van der Waals surface area contributed by atoms with Gasteiger partial charge in [-0.2, -0.15) is 13.5 Å². The van der Waals surface area contributed by atoms with Crippen LogP contribution < -0.4 is 14.4 Å². The van der Waals surface area contributed by atoms with Gasteiger partial charge in [0.1, 0.15) is 41.7 Å². The molecule has 1 aromatic heterocycles. The van der Waals surface area contributed by atoms with Crippen molar-refractivity contribution in [3.05, 3.63) is 124 Å². The molecule has 1 aliphatic heterocycles. The van der Waals surface area contributed by atoms with Crippen LogP contribution in [0.5, 0.6) is 11.5 Å². The molecule has 0 aliphatic carbocycles. The van der Waals surface area contributed by atoms with E-state index in [1.165, 1.54) is 12.1 Å². The van der Waals surface area contributed by atoms with Crippen molar-refractivity contribution in [1.82, 2.24) is 14.1 Å². The van der Waals surface area contributed by atoms with Gasteiger partial charge in [0, 0.05) is 37.8 Å². The molecule has 1 saturated heterocycles. The standard InChI is InChI=1S/C44H49ClN4O8S/c1-30(2)27-56-42(50)41-40(47-21-23-48(24-22-47)43(51)57-44(4,5)6)39(46-49(41)58(52,53)34-19-17-31(3)18-20-34)35-25-36(45)38(55-29-33-15-11-8-12-16-33)26-37(35)54-28-32-13-9-7-10-14-32/h7-20,25-26,30H,21-24,27-29H2,1-6H3. The number of aryl methyl sites for hydroxylation is 1. The fraction of sp³-hybridized carbons (Fsp3) is 0.341. The molecule has 4 aromatic carbocycles. The molecule has 58 heavy (non-hydrogen) atoms. The summed E-state index contributed by atoms with van der Waals surface area (Å²) in [5, 5.41) is 4.97. The van der Waals surface area contributed by atoms with E-state index in [-0.39, 0.29) is 84.7 Å². The lowest BCUT2D eigenvalue weighted by Gasteiger charge is -2.37. The molecule has 5 aromatic rings. The van der Waals surface area contributed by atoms with Crippen LogP contribution in [0.15, 0.2) is 102 Å². The van der Waals surface area contributed by atoms with Crippen molar-refractivity contribution in [2.24, 2.45) is 5.92 Å². The van der Waals surface area contributed by atoms with E-state index in [0.29, 0.717) is 11.3 Å². The van der Waals surface area contributed by atoms with Crippen LogP contribution in [0.3, 0.4) is 0 Å². The number of amides is 1. The molecule has 1 aliphatic rings. The highest BCUT2D eigenvalue weighted by atomic mass is 35.5. The number of nitrogens with zero attached hydrogens (tertiary/aromatic N) is 4. The van der Waals surface area contributed by atoms with Gasteiger partial charge in [-0.3, -0.25) is 0 Å². The van der Waals surface area contributed by atoms with E-state index < -0.39 is 27.7 Å². The highest BCUT2D eigenvalue weighted by molar-refractivity contribution is 7.90. The van der Waals surface area contributed by atoms with Gasteiger partial charge >= 0.3 is 12.1 Å². The average Bonchev–Trinajstić information content (AvgIpc) is 3.61. The van der Waals surface area contributed by atoms with Gasteiger partial charge < -0.3 is 28.7 Å². The minimum absolute atomic E-state index is 0.0283. The summed E-state index contributed by atoms with van der Waals surface area (Å²) >= 11 is 6.98. The number of esters is 1. The maximum absolute atomic E-state index is 14.6. The summed E-state index contributed by atoms with van der Waals surface area (Å²) in [4.78, 5) is 30.8. The fourth-order valence-electron chi connectivity index (χ4n) is 6.20. The minimum atomic E-state index is -4.49. The number of hydrogen-bond donors (Lipinski definition) is 0. The van der Waals surface area contributed by atoms with Crippen molar-refractivity contribution in [3.8, 4) is 22.8 Å². The molecule has 6 rings (SSSR count). The smallest absolute Gasteiger partial charge is 0.410 e. The molecular formula is C44H49ClN4O8S. The lowest BCUT2D eigenvalue weighted by atomic mass is 10.1. The first kappa shape index (κ1) is 42.1. The number of benzene rings is 4. The van der Waals surface area contributed by atoms with Crippen LogP contribution in [0.1, 0.15) is 61.8 Å². The van der Waals surface area contributed by atoms with Crippen LogP contribution >= 0.6 is 11.6 Å². The average molecular weight is 829 g/mol. The summed E-state index contributed by atoms with van der Waals surface area (Å²) < 4.78 is 54.1. The van der Waals surface area contributed by atoms with Crippen molar-refractivity contribution in [3.63, 3.8) is 0 Å². The van der Waals surface area contributed by atoms with E-state index in [4.69, 9.17) is 35.6 Å². The van der Waals surface area contributed by atoms with E-state index in [1.807, 2.05) is 86.3 Å². The lowest BCUT2D eigenvalue weighted by Crippen LogP contribution is -2.50. The molecule has 14 heteroatoms.